The van der Waals surface area contributed by atoms with E-state index in [2.05, 4.69) is 35.2 Å². The molecule has 1 aromatic rings. The van der Waals surface area contributed by atoms with E-state index in [4.69, 9.17) is 0 Å². The van der Waals surface area contributed by atoms with Crippen LogP contribution in [-0.2, 0) is 0 Å². The number of nitrogens with zero attached hydrogens (tertiary/aromatic N) is 1. The number of para-hydroxylation sites is 1. The Kier molecular flexibility index (Phi) is 1.85. The highest BCUT2D eigenvalue weighted by molar-refractivity contribution is 5.50. The zero-order valence-corrected chi connectivity index (χ0v) is 9.68. The topological polar surface area (TPSA) is 3.24 Å². The Morgan fingerprint density at radius 3 is 1.88 bits per heavy atom. The number of piperidine rings is 2. The predicted molar refractivity (Wildman–Crippen MR) is 66.6 cm³/mol. The van der Waals surface area contributed by atoms with Crippen LogP contribution >= 0.6 is 0 Å². The van der Waals surface area contributed by atoms with Crippen molar-refractivity contribution < 1.29 is 0 Å². The lowest BCUT2D eigenvalue weighted by atomic mass is 9.63. The molecule has 2 saturated heterocycles. The molecule has 84 valence electrons. The predicted octanol–water partition coefficient (Wildman–Crippen LogP) is 3.45. The molecule has 1 nitrogen and oxygen atoms in total. The van der Waals surface area contributed by atoms with Gasteiger partial charge in [-0.15, -0.1) is 0 Å². The monoisotopic (exact) mass is 213 g/mol. The van der Waals surface area contributed by atoms with Gasteiger partial charge in [0, 0.05) is 17.8 Å². The van der Waals surface area contributed by atoms with E-state index in [0.717, 1.165) is 23.9 Å². The molecule has 5 rings (SSSR count). The van der Waals surface area contributed by atoms with Gasteiger partial charge >= 0.3 is 0 Å². The van der Waals surface area contributed by atoms with Crippen molar-refractivity contribution in [2.45, 2.75) is 44.2 Å². The van der Waals surface area contributed by atoms with Crippen LogP contribution in [0.2, 0.25) is 0 Å². The lowest BCUT2D eigenvalue weighted by Gasteiger charge is -2.57. The van der Waals surface area contributed by atoms with Crippen molar-refractivity contribution in [1.29, 1.82) is 0 Å². The highest BCUT2D eigenvalue weighted by Crippen LogP contribution is 2.50. The van der Waals surface area contributed by atoms with Gasteiger partial charge in [0.1, 0.15) is 0 Å². The van der Waals surface area contributed by atoms with Crippen LogP contribution in [0.25, 0.3) is 0 Å². The summed E-state index contributed by atoms with van der Waals surface area (Å²) in [4.78, 5) is 2.74. The minimum absolute atomic E-state index is 0.860. The lowest BCUT2D eigenvalue weighted by Crippen LogP contribution is -2.58. The van der Waals surface area contributed by atoms with Crippen LogP contribution in [0.3, 0.4) is 0 Å². The molecule has 4 bridgehead atoms. The first-order valence-electron chi connectivity index (χ1n) is 6.73. The van der Waals surface area contributed by atoms with E-state index in [9.17, 15) is 0 Å². The second-order valence-electron chi connectivity index (χ2n) is 5.96. The van der Waals surface area contributed by atoms with Gasteiger partial charge in [-0.25, -0.2) is 0 Å². The fraction of sp³-hybridized carbons (Fsp3) is 0.600. The molecule has 0 amide bonds. The second kappa shape index (κ2) is 3.26. The van der Waals surface area contributed by atoms with Gasteiger partial charge in [0.05, 0.1) is 0 Å². The summed E-state index contributed by atoms with van der Waals surface area (Å²) >= 11 is 0. The van der Waals surface area contributed by atoms with Gasteiger partial charge in [-0.3, -0.25) is 0 Å². The Bertz CT molecular complexity index is 356. The maximum Gasteiger partial charge on any atom is 0.0371 e. The Hall–Kier alpha value is -0.980. The quantitative estimate of drug-likeness (QED) is 0.690. The SMILES string of the molecule is c1ccc(N2C3CC4CC(C3)CC2C4)cc1. The van der Waals surface area contributed by atoms with Crippen molar-refractivity contribution in [3.8, 4) is 0 Å². The van der Waals surface area contributed by atoms with E-state index in [-0.39, 0.29) is 0 Å². The van der Waals surface area contributed by atoms with E-state index >= 15 is 0 Å². The molecule has 2 aliphatic heterocycles. The van der Waals surface area contributed by atoms with Crippen LogP contribution in [0.1, 0.15) is 32.1 Å². The highest BCUT2D eigenvalue weighted by atomic mass is 15.2. The van der Waals surface area contributed by atoms with E-state index in [1.807, 2.05) is 0 Å². The van der Waals surface area contributed by atoms with E-state index in [0.29, 0.717) is 0 Å². The second-order valence-corrected chi connectivity index (χ2v) is 5.96. The van der Waals surface area contributed by atoms with Crippen molar-refractivity contribution >= 4 is 5.69 Å². The molecule has 0 spiro atoms. The third-order valence-electron chi connectivity index (χ3n) is 4.93. The number of benzene rings is 1. The maximum absolute atomic E-state index is 2.74. The van der Waals surface area contributed by atoms with Gasteiger partial charge < -0.3 is 4.90 Å². The minimum Gasteiger partial charge on any atom is -0.366 e. The maximum atomic E-state index is 2.74. The van der Waals surface area contributed by atoms with E-state index in [1.54, 1.807) is 0 Å². The summed E-state index contributed by atoms with van der Waals surface area (Å²) in [5.41, 5.74) is 1.47. The lowest BCUT2D eigenvalue weighted by molar-refractivity contribution is 0.0900. The van der Waals surface area contributed by atoms with Crippen LogP contribution in [0.5, 0.6) is 0 Å². The smallest absolute Gasteiger partial charge is 0.0371 e. The molecule has 0 N–H and O–H groups in total. The zero-order chi connectivity index (χ0) is 10.5. The highest BCUT2D eigenvalue weighted by Gasteiger charge is 2.46. The molecule has 2 saturated carbocycles. The van der Waals surface area contributed by atoms with Crippen LogP contribution in [0.4, 0.5) is 5.69 Å². The molecule has 1 aromatic carbocycles. The Morgan fingerprint density at radius 1 is 0.750 bits per heavy atom. The standard InChI is InChI=1S/C15H19N/c1-2-4-13(5-3-1)16-14-7-11-6-12(9-14)10-15(16)8-11/h1-5,11-12,14-15H,6-10H2. The van der Waals surface area contributed by atoms with Crippen molar-refractivity contribution in [3.63, 3.8) is 0 Å². The largest absolute Gasteiger partial charge is 0.366 e. The fourth-order valence-electron chi connectivity index (χ4n) is 4.55. The Morgan fingerprint density at radius 2 is 1.31 bits per heavy atom. The first-order valence-corrected chi connectivity index (χ1v) is 6.73. The van der Waals surface area contributed by atoms with Gasteiger partial charge in [0.25, 0.3) is 0 Å². The van der Waals surface area contributed by atoms with Gasteiger partial charge in [-0.05, 0) is 56.1 Å². The van der Waals surface area contributed by atoms with Gasteiger partial charge in [0.15, 0.2) is 0 Å². The molecule has 0 radical (unpaired) electrons. The number of hydrogen-bond acceptors (Lipinski definition) is 1. The van der Waals surface area contributed by atoms with Crippen LogP contribution in [0, 0.1) is 11.8 Å². The first-order chi connectivity index (χ1) is 7.90. The van der Waals surface area contributed by atoms with Gasteiger partial charge in [-0.2, -0.15) is 0 Å². The third-order valence-corrected chi connectivity index (χ3v) is 4.93. The van der Waals surface area contributed by atoms with Gasteiger partial charge in [-0.1, -0.05) is 18.2 Å². The summed E-state index contributed by atoms with van der Waals surface area (Å²) in [6, 6.07) is 12.8. The Balaban J connectivity index is 1.70. The zero-order valence-electron chi connectivity index (χ0n) is 9.68. The molecule has 0 unspecified atom stereocenters. The summed E-state index contributed by atoms with van der Waals surface area (Å²) in [6.45, 7) is 0. The fourth-order valence-corrected chi connectivity index (χ4v) is 4.55. The van der Waals surface area contributed by atoms with Crippen molar-refractivity contribution in [1.82, 2.24) is 0 Å². The first kappa shape index (κ1) is 9.09. The molecule has 0 aromatic heterocycles. The average molecular weight is 213 g/mol. The van der Waals surface area contributed by atoms with Crippen LogP contribution < -0.4 is 4.90 Å². The molecule has 16 heavy (non-hydrogen) atoms. The van der Waals surface area contributed by atoms with Crippen molar-refractivity contribution in [3.05, 3.63) is 30.3 Å². The summed E-state index contributed by atoms with van der Waals surface area (Å²) in [6.07, 6.45) is 7.38. The van der Waals surface area contributed by atoms with Crippen molar-refractivity contribution in [2.24, 2.45) is 11.8 Å². The van der Waals surface area contributed by atoms with Crippen molar-refractivity contribution in [2.75, 3.05) is 4.90 Å². The summed E-state index contributed by atoms with van der Waals surface area (Å²) in [7, 11) is 0. The molecular weight excluding hydrogens is 194 g/mol. The van der Waals surface area contributed by atoms with E-state index < -0.39 is 0 Å². The number of rotatable bonds is 1. The summed E-state index contributed by atoms with van der Waals surface area (Å²) < 4.78 is 0. The van der Waals surface area contributed by atoms with Crippen LogP contribution in [-0.4, -0.2) is 12.1 Å². The summed E-state index contributed by atoms with van der Waals surface area (Å²) in [5, 5.41) is 0. The normalized spacial score (nSPS) is 40.4. The third kappa shape index (κ3) is 1.24. The van der Waals surface area contributed by atoms with Gasteiger partial charge in [0.2, 0.25) is 0 Å². The Labute approximate surface area is 97.5 Å². The molecule has 2 aliphatic carbocycles. The van der Waals surface area contributed by atoms with Crippen LogP contribution in [0.15, 0.2) is 30.3 Å². The van der Waals surface area contributed by atoms with E-state index in [1.165, 1.54) is 37.8 Å². The number of hydrogen-bond donors (Lipinski definition) is 0. The summed E-state index contributed by atoms with van der Waals surface area (Å²) in [5.74, 6) is 2.12. The molecule has 1 heteroatoms. The molecule has 4 aliphatic rings. The molecule has 2 heterocycles. The number of anilines is 1. The minimum atomic E-state index is 0.860. The average Bonchev–Trinajstić information content (AvgIpc) is 2.29. The molecule has 0 atom stereocenters. The molecular formula is C15H19N. The molecule has 4 fully saturated rings.